The second-order valence-corrected chi connectivity index (χ2v) is 15.8. The molecular formula is C27H48O8S2. The Morgan fingerprint density at radius 2 is 1.41 bits per heavy atom. The molecule has 216 valence electrons. The van der Waals surface area contributed by atoms with Gasteiger partial charge < -0.3 is 0 Å². The summed E-state index contributed by atoms with van der Waals surface area (Å²) in [7, 11) is -9.29. The predicted octanol–water partition coefficient (Wildman–Crippen LogP) is 6.09. The lowest BCUT2D eigenvalue weighted by Gasteiger charge is -2.62. The first-order valence-electron chi connectivity index (χ1n) is 14.3. The largest absolute Gasteiger partial charge is 0.397 e. The minimum absolute atomic E-state index is 0.218. The zero-order chi connectivity index (χ0) is 27.4. The van der Waals surface area contributed by atoms with Crippen LogP contribution in [0.25, 0.3) is 0 Å². The Hall–Kier alpha value is -0.260. The fourth-order valence-electron chi connectivity index (χ4n) is 9.78. The molecule has 4 aliphatic carbocycles. The maximum absolute atomic E-state index is 11.9. The normalized spacial score (nSPS) is 43.2. The third kappa shape index (κ3) is 6.24. The lowest BCUT2D eigenvalue weighted by molar-refractivity contribution is -0.164. The van der Waals surface area contributed by atoms with E-state index < -0.39 is 33.0 Å². The van der Waals surface area contributed by atoms with Crippen LogP contribution in [0.4, 0.5) is 0 Å². The number of rotatable bonds is 9. The second kappa shape index (κ2) is 10.6. The van der Waals surface area contributed by atoms with Crippen LogP contribution in [0.5, 0.6) is 0 Å². The SMILES string of the molecule is CC(C)CCC[C@@H](C)[C@H]1CC[C@H]2[C@@H]3C[C@H](OS(=O)(=O)O)[C@H]4C[C@@H](OS(=O)(=O)O)CC[C@]4(C)[C@H]3CC[C@]12C. The summed E-state index contributed by atoms with van der Waals surface area (Å²) in [4.78, 5) is 0. The van der Waals surface area contributed by atoms with Gasteiger partial charge in [0, 0.05) is 0 Å². The number of hydrogen-bond acceptors (Lipinski definition) is 6. The molecule has 0 aromatic rings. The van der Waals surface area contributed by atoms with Crippen molar-refractivity contribution in [1.82, 2.24) is 0 Å². The number of hydrogen-bond donors (Lipinski definition) is 2. The fourth-order valence-corrected chi connectivity index (χ4v) is 10.8. The van der Waals surface area contributed by atoms with Gasteiger partial charge in [-0.1, -0.05) is 53.9 Å². The van der Waals surface area contributed by atoms with Crippen molar-refractivity contribution in [3.8, 4) is 0 Å². The molecule has 0 heterocycles. The number of fused-ring (bicyclic) bond motifs is 5. The van der Waals surface area contributed by atoms with Gasteiger partial charge in [0.2, 0.25) is 0 Å². The minimum atomic E-state index is -4.68. The molecule has 0 saturated heterocycles. The highest BCUT2D eigenvalue weighted by atomic mass is 32.3. The van der Waals surface area contributed by atoms with Crippen LogP contribution in [0, 0.1) is 52.3 Å². The van der Waals surface area contributed by atoms with E-state index in [1.54, 1.807) is 0 Å². The van der Waals surface area contributed by atoms with Crippen LogP contribution in [0.2, 0.25) is 0 Å². The lowest BCUT2D eigenvalue weighted by atomic mass is 9.43. The zero-order valence-corrected chi connectivity index (χ0v) is 24.8. The van der Waals surface area contributed by atoms with Gasteiger partial charge in [-0.2, -0.15) is 16.8 Å². The van der Waals surface area contributed by atoms with E-state index in [0.29, 0.717) is 48.9 Å². The van der Waals surface area contributed by atoms with Gasteiger partial charge >= 0.3 is 20.8 Å². The molecule has 0 aliphatic heterocycles. The van der Waals surface area contributed by atoms with E-state index in [1.807, 2.05) is 0 Å². The first-order valence-corrected chi connectivity index (χ1v) is 17.1. The van der Waals surface area contributed by atoms with Crippen molar-refractivity contribution < 1.29 is 34.3 Å². The van der Waals surface area contributed by atoms with E-state index in [1.165, 1.54) is 25.7 Å². The Kier molecular flexibility index (Phi) is 8.53. The third-order valence-electron chi connectivity index (χ3n) is 11.3. The maximum Gasteiger partial charge on any atom is 0.397 e. The first-order chi connectivity index (χ1) is 17.0. The van der Waals surface area contributed by atoms with Crippen molar-refractivity contribution in [2.24, 2.45) is 52.3 Å². The van der Waals surface area contributed by atoms with Crippen LogP contribution >= 0.6 is 0 Å². The Balaban J connectivity index is 1.58. The molecule has 0 radical (unpaired) electrons. The Morgan fingerprint density at radius 3 is 2.03 bits per heavy atom. The Labute approximate surface area is 224 Å². The van der Waals surface area contributed by atoms with Gasteiger partial charge in [0.05, 0.1) is 12.2 Å². The molecule has 4 rings (SSSR count). The zero-order valence-electron chi connectivity index (χ0n) is 23.1. The predicted molar refractivity (Wildman–Crippen MR) is 141 cm³/mol. The molecule has 8 nitrogen and oxygen atoms in total. The van der Waals surface area contributed by atoms with Crippen molar-refractivity contribution in [1.29, 1.82) is 0 Å². The summed E-state index contributed by atoms with van der Waals surface area (Å²) in [6.07, 6.45) is 8.86. The molecule has 4 saturated carbocycles. The van der Waals surface area contributed by atoms with Crippen molar-refractivity contribution in [3.63, 3.8) is 0 Å². The van der Waals surface area contributed by atoms with Crippen LogP contribution in [0.1, 0.15) is 105 Å². The maximum atomic E-state index is 11.9. The molecule has 4 fully saturated rings. The van der Waals surface area contributed by atoms with E-state index in [2.05, 4.69) is 34.6 Å². The van der Waals surface area contributed by atoms with Crippen LogP contribution < -0.4 is 0 Å². The second-order valence-electron chi connectivity index (χ2n) is 13.7. The summed E-state index contributed by atoms with van der Waals surface area (Å²) >= 11 is 0. The average molecular weight is 565 g/mol. The monoisotopic (exact) mass is 564 g/mol. The average Bonchev–Trinajstić information content (AvgIpc) is 3.10. The van der Waals surface area contributed by atoms with Crippen LogP contribution in [-0.4, -0.2) is 38.1 Å². The molecule has 10 heteroatoms. The molecule has 0 unspecified atom stereocenters. The van der Waals surface area contributed by atoms with Gasteiger partial charge in [-0.3, -0.25) is 9.11 Å². The molecule has 0 aromatic heterocycles. The van der Waals surface area contributed by atoms with Crippen LogP contribution in [0.15, 0.2) is 0 Å². The molecule has 4 aliphatic rings. The summed E-state index contributed by atoms with van der Waals surface area (Å²) < 4.78 is 75.7. The van der Waals surface area contributed by atoms with Gasteiger partial charge in [0.15, 0.2) is 0 Å². The van der Waals surface area contributed by atoms with Crippen molar-refractivity contribution in [2.75, 3.05) is 0 Å². The molecular weight excluding hydrogens is 516 g/mol. The molecule has 2 N–H and O–H groups in total. The highest BCUT2D eigenvalue weighted by Gasteiger charge is 2.63. The van der Waals surface area contributed by atoms with Crippen LogP contribution in [0.3, 0.4) is 0 Å². The highest BCUT2D eigenvalue weighted by molar-refractivity contribution is 7.81. The van der Waals surface area contributed by atoms with Gasteiger partial charge in [-0.05, 0) is 104 Å². The van der Waals surface area contributed by atoms with E-state index >= 15 is 0 Å². The fraction of sp³-hybridized carbons (Fsp3) is 1.00. The van der Waals surface area contributed by atoms with Crippen molar-refractivity contribution in [2.45, 2.75) is 117 Å². The van der Waals surface area contributed by atoms with E-state index in [9.17, 15) is 25.9 Å². The van der Waals surface area contributed by atoms with Crippen molar-refractivity contribution >= 4 is 20.8 Å². The molecule has 0 aromatic carbocycles. The molecule has 0 bridgehead atoms. The Morgan fingerprint density at radius 1 is 0.784 bits per heavy atom. The van der Waals surface area contributed by atoms with E-state index in [4.69, 9.17) is 8.37 Å². The summed E-state index contributed by atoms with van der Waals surface area (Å²) in [5, 5.41) is 0. The molecule has 0 spiro atoms. The van der Waals surface area contributed by atoms with Gasteiger partial charge in [-0.25, -0.2) is 8.37 Å². The highest BCUT2D eigenvalue weighted by Crippen LogP contribution is 2.68. The van der Waals surface area contributed by atoms with Crippen LogP contribution in [-0.2, 0) is 29.2 Å². The van der Waals surface area contributed by atoms with E-state index in [0.717, 1.165) is 25.2 Å². The first kappa shape index (κ1) is 29.7. The third-order valence-corrected chi connectivity index (χ3v) is 12.3. The summed E-state index contributed by atoms with van der Waals surface area (Å²) in [5.74, 6) is 2.94. The topological polar surface area (TPSA) is 127 Å². The van der Waals surface area contributed by atoms with Gasteiger partial charge in [0.25, 0.3) is 0 Å². The molecule has 37 heavy (non-hydrogen) atoms. The Bertz CT molecular complexity index is 1030. The van der Waals surface area contributed by atoms with Crippen molar-refractivity contribution in [3.05, 3.63) is 0 Å². The minimum Gasteiger partial charge on any atom is -0.264 e. The molecule has 0 amide bonds. The smallest absolute Gasteiger partial charge is 0.264 e. The van der Waals surface area contributed by atoms with Gasteiger partial charge in [0.1, 0.15) is 0 Å². The summed E-state index contributed by atoms with van der Waals surface area (Å²) in [5.41, 5.74) is -0.0326. The molecule has 10 atom stereocenters. The summed E-state index contributed by atoms with van der Waals surface area (Å²) in [6, 6.07) is 0. The summed E-state index contributed by atoms with van der Waals surface area (Å²) in [6.45, 7) is 11.6. The van der Waals surface area contributed by atoms with Gasteiger partial charge in [-0.15, -0.1) is 0 Å². The lowest BCUT2D eigenvalue weighted by Crippen LogP contribution is -2.59. The standard InChI is InChI=1S/C27H48O8S2/c1-17(2)7-6-8-18(3)21-9-10-22-20-16-25(35-37(31,32)33)24-15-19(34-36(28,29)30)11-13-27(24,5)23(20)12-14-26(21,22)4/h17-25H,6-16H2,1-5H3,(H,28,29,30)(H,31,32,33)/t18-,19+,20+,21-,22+,23+,24-,25+,26-,27-/m1/s1. The van der Waals surface area contributed by atoms with E-state index in [-0.39, 0.29) is 23.2 Å². The quantitative estimate of drug-likeness (QED) is 0.322.